The summed E-state index contributed by atoms with van der Waals surface area (Å²) in [5.74, 6) is 0.642. The Bertz CT molecular complexity index is 1140. The first-order valence-corrected chi connectivity index (χ1v) is 10.6. The number of hydrogen-bond acceptors (Lipinski definition) is 5. The molecule has 0 spiro atoms. The molecule has 5 rings (SSSR count). The molecule has 1 aliphatic heterocycles. The first-order chi connectivity index (χ1) is 14.8. The molecule has 9 heteroatoms. The quantitative estimate of drug-likeness (QED) is 0.658. The summed E-state index contributed by atoms with van der Waals surface area (Å²) in [5.41, 5.74) is 4.50. The number of amides is 1. The van der Waals surface area contributed by atoms with Gasteiger partial charge in [0.15, 0.2) is 0 Å². The van der Waals surface area contributed by atoms with Gasteiger partial charge in [-0.15, -0.1) is 0 Å². The van der Waals surface area contributed by atoms with Gasteiger partial charge in [-0.05, 0) is 50.8 Å². The van der Waals surface area contributed by atoms with E-state index in [0.717, 1.165) is 41.3 Å². The van der Waals surface area contributed by atoms with Crippen molar-refractivity contribution in [1.82, 2.24) is 30.3 Å². The van der Waals surface area contributed by atoms with E-state index < -0.39 is 5.67 Å². The molecule has 0 aromatic carbocycles. The van der Waals surface area contributed by atoms with Gasteiger partial charge in [0, 0.05) is 17.6 Å². The first kappa shape index (κ1) is 19.7. The summed E-state index contributed by atoms with van der Waals surface area (Å²) in [5, 5.41) is 14.8. The lowest BCUT2D eigenvalue weighted by Gasteiger charge is -2.43. The molecule has 31 heavy (non-hydrogen) atoms. The molecule has 8 nitrogen and oxygen atoms in total. The normalized spacial score (nSPS) is 19.2. The average Bonchev–Trinajstić information content (AvgIpc) is 3.41. The van der Waals surface area contributed by atoms with Crippen LogP contribution in [0.3, 0.4) is 0 Å². The highest BCUT2D eigenvalue weighted by molar-refractivity contribution is 5.94. The maximum Gasteiger partial charge on any atom is 0.255 e. The van der Waals surface area contributed by atoms with Crippen molar-refractivity contribution < 1.29 is 9.18 Å². The Balaban J connectivity index is 1.23. The zero-order valence-electron chi connectivity index (χ0n) is 17.9. The van der Waals surface area contributed by atoms with Gasteiger partial charge in [-0.3, -0.25) is 14.6 Å². The lowest BCUT2D eigenvalue weighted by atomic mass is 9.99. The fraction of sp³-hybridized carbons (Fsp3) is 0.455. The highest BCUT2D eigenvalue weighted by Crippen LogP contribution is 2.31. The van der Waals surface area contributed by atoms with Crippen LogP contribution in [0.5, 0.6) is 0 Å². The van der Waals surface area contributed by atoms with Crippen molar-refractivity contribution in [3.8, 4) is 0 Å². The first-order valence-electron chi connectivity index (χ1n) is 10.6. The number of H-pyrrole nitrogens is 1. The van der Waals surface area contributed by atoms with Crippen LogP contribution in [0.25, 0.3) is 0 Å². The Morgan fingerprint density at radius 1 is 1.35 bits per heavy atom. The van der Waals surface area contributed by atoms with E-state index in [0.29, 0.717) is 25.2 Å². The van der Waals surface area contributed by atoms with Crippen molar-refractivity contribution in [1.29, 1.82) is 0 Å². The summed E-state index contributed by atoms with van der Waals surface area (Å²) in [6.07, 6.45) is 5.12. The summed E-state index contributed by atoms with van der Waals surface area (Å²) in [6, 6.07) is 3.84. The molecule has 2 aliphatic rings. The number of nitrogens with zero attached hydrogens (tertiary/aromatic N) is 5. The maximum absolute atomic E-state index is 13.8. The number of pyridine rings is 1. The predicted octanol–water partition coefficient (Wildman–Crippen LogP) is 2.63. The number of halogens is 1. The van der Waals surface area contributed by atoms with E-state index in [2.05, 4.69) is 25.6 Å². The van der Waals surface area contributed by atoms with Crippen LogP contribution in [0.1, 0.15) is 58.0 Å². The van der Waals surface area contributed by atoms with E-state index in [-0.39, 0.29) is 11.9 Å². The third kappa shape index (κ3) is 3.68. The highest BCUT2D eigenvalue weighted by atomic mass is 19.1. The van der Waals surface area contributed by atoms with Gasteiger partial charge in [0.1, 0.15) is 11.5 Å². The zero-order chi connectivity index (χ0) is 21.8. The van der Waals surface area contributed by atoms with E-state index in [9.17, 15) is 9.18 Å². The van der Waals surface area contributed by atoms with Gasteiger partial charge in [0.2, 0.25) is 0 Å². The number of aromatic amines is 1. The van der Waals surface area contributed by atoms with Gasteiger partial charge in [-0.25, -0.2) is 9.37 Å². The average molecular weight is 423 g/mol. The molecule has 3 aromatic rings. The van der Waals surface area contributed by atoms with Crippen molar-refractivity contribution in [2.24, 2.45) is 0 Å². The third-order valence-electron chi connectivity index (χ3n) is 6.20. The second-order valence-electron chi connectivity index (χ2n) is 8.89. The lowest BCUT2D eigenvalue weighted by molar-refractivity contribution is 0.0935. The maximum atomic E-state index is 13.8. The van der Waals surface area contributed by atoms with Crippen molar-refractivity contribution in [2.45, 2.75) is 51.9 Å². The fourth-order valence-corrected chi connectivity index (χ4v) is 4.46. The number of rotatable bonds is 5. The number of aryl methyl sites for hydroxylation is 2. The molecular weight excluding hydrogens is 397 g/mol. The van der Waals surface area contributed by atoms with Crippen LogP contribution in [0.2, 0.25) is 0 Å². The second-order valence-corrected chi connectivity index (χ2v) is 8.89. The standard InChI is InChI=1S/C22H26FN7O/c1-13-15(4-7-19(25-13)29-11-22(3,23)12-29)9-30-10-16(8-24-30)21(31)26-18-6-5-17-14(2)27-28-20(17)18/h4,7-8,10,18H,5-6,9,11-12H2,1-3H3,(H,26,31)(H,27,28)/t18-/m1/s1. The molecule has 0 bridgehead atoms. The highest BCUT2D eigenvalue weighted by Gasteiger charge is 2.39. The molecular formula is C22H26FN7O. The van der Waals surface area contributed by atoms with E-state index in [1.54, 1.807) is 24.0 Å². The molecule has 0 saturated carbocycles. The molecule has 1 atom stereocenters. The Labute approximate surface area is 179 Å². The SMILES string of the molecule is Cc1nc(N2CC(C)(F)C2)ccc1Cn1cc(C(=O)N[C@@H]2CCc3c2n[nH]c3C)cn1. The van der Waals surface area contributed by atoms with Crippen molar-refractivity contribution in [3.63, 3.8) is 0 Å². The monoisotopic (exact) mass is 423 g/mol. The minimum atomic E-state index is -1.13. The van der Waals surface area contributed by atoms with Gasteiger partial charge in [-0.1, -0.05) is 6.07 Å². The number of alkyl halides is 1. The van der Waals surface area contributed by atoms with E-state index in [1.807, 2.05) is 30.9 Å². The smallest absolute Gasteiger partial charge is 0.255 e. The summed E-state index contributed by atoms with van der Waals surface area (Å²) in [7, 11) is 0. The van der Waals surface area contributed by atoms with Gasteiger partial charge in [0.25, 0.3) is 5.91 Å². The molecule has 4 heterocycles. The largest absolute Gasteiger partial charge is 0.350 e. The Morgan fingerprint density at radius 3 is 2.90 bits per heavy atom. The van der Waals surface area contributed by atoms with Gasteiger partial charge in [0.05, 0.1) is 43.1 Å². The number of hydrogen-bond donors (Lipinski definition) is 2. The minimum absolute atomic E-state index is 0.0672. The van der Waals surface area contributed by atoms with Gasteiger partial charge in [-0.2, -0.15) is 10.2 Å². The van der Waals surface area contributed by atoms with Crippen LogP contribution in [-0.2, 0) is 13.0 Å². The number of carbonyl (C=O) groups excluding carboxylic acids is 1. The lowest BCUT2D eigenvalue weighted by Crippen LogP contribution is -2.57. The van der Waals surface area contributed by atoms with Gasteiger partial charge >= 0.3 is 0 Å². The molecule has 2 N–H and O–H groups in total. The predicted molar refractivity (Wildman–Crippen MR) is 114 cm³/mol. The second kappa shape index (κ2) is 7.18. The topological polar surface area (TPSA) is 91.7 Å². The van der Waals surface area contributed by atoms with Crippen LogP contribution in [0.4, 0.5) is 10.2 Å². The molecule has 1 saturated heterocycles. The molecule has 1 amide bonds. The summed E-state index contributed by atoms with van der Waals surface area (Å²) < 4.78 is 15.5. The molecule has 0 unspecified atom stereocenters. The number of anilines is 1. The van der Waals surface area contributed by atoms with Crippen LogP contribution < -0.4 is 10.2 Å². The van der Waals surface area contributed by atoms with Gasteiger partial charge < -0.3 is 10.2 Å². The van der Waals surface area contributed by atoms with Crippen molar-refractivity contribution in [2.75, 3.05) is 18.0 Å². The third-order valence-corrected chi connectivity index (χ3v) is 6.20. The molecule has 1 fully saturated rings. The molecule has 162 valence electrons. The zero-order valence-corrected chi connectivity index (χ0v) is 17.9. The Hall–Kier alpha value is -3.23. The van der Waals surface area contributed by atoms with E-state index in [4.69, 9.17) is 0 Å². The fourth-order valence-electron chi connectivity index (χ4n) is 4.46. The Morgan fingerprint density at radius 2 is 2.16 bits per heavy atom. The van der Waals surface area contributed by atoms with Crippen molar-refractivity contribution >= 4 is 11.7 Å². The van der Waals surface area contributed by atoms with Crippen LogP contribution >= 0.6 is 0 Å². The number of carbonyl (C=O) groups is 1. The van der Waals surface area contributed by atoms with E-state index >= 15 is 0 Å². The number of aromatic nitrogens is 5. The molecule has 3 aromatic heterocycles. The summed E-state index contributed by atoms with van der Waals surface area (Å²) >= 11 is 0. The number of nitrogens with one attached hydrogen (secondary N) is 2. The summed E-state index contributed by atoms with van der Waals surface area (Å²) in [6.45, 7) is 6.81. The minimum Gasteiger partial charge on any atom is -0.350 e. The van der Waals surface area contributed by atoms with E-state index in [1.165, 1.54) is 5.56 Å². The van der Waals surface area contributed by atoms with Crippen LogP contribution in [0, 0.1) is 13.8 Å². The van der Waals surface area contributed by atoms with Crippen LogP contribution in [0.15, 0.2) is 24.5 Å². The Kier molecular flexibility index (Phi) is 4.56. The number of fused-ring (bicyclic) bond motifs is 1. The molecule has 1 aliphatic carbocycles. The summed E-state index contributed by atoms with van der Waals surface area (Å²) in [4.78, 5) is 19.3. The molecule has 0 radical (unpaired) electrons. The van der Waals surface area contributed by atoms with Crippen molar-refractivity contribution in [3.05, 3.63) is 58.3 Å². The van der Waals surface area contributed by atoms with Crippen LogP contribution in [-0.4, -0.2) is 49.6 Å².